The molecule has 0 heterocycles. The molecule has 1 N–H and O–H groups in total. The second-order valence-corrected chi connectivity index (χ2v) is 5.85. The Balaban J connectivity index is 2.71. The Kier molecular flexibility index (Phi) is 6.83. The molecule has 0 radical (unpaired) electrons. The molecule has 1 atom stereocenters. The SMILES string of the molecule is CCNCC(CCC(C)C)c1ccccc1Br. The van der Waals surface area contributed by atoms with Crippen LogP contribution in [0.4, 0.5) is 0 Å². The van der Waals surface area contributed by atoms with Crippen molar-refractivity contribution in [2.75, 3.05) is 13.1 Å². The molecule has 0 fully saturated rings. The molecular formula is C15H24BrN. The van der Waals surface area contributed by atoms with E-state index < -0.39 is 0 Å². The summed E-state index contributed by atoms with van der Waals surface area (Å²) in [6, 6.07) is 8.60. The van der Waals surface area contributed by atoms with Gasteiger partial charge < -0.3 is 5.32 Å². The summed E-state index contributed by atoms with van der Waals surface area (Å²) >= 11 is 3.67. The van der Waals surface area contributed by atoms with Gasteiger partial charge in [0.05, 0.1) is 0 Å². The normalized spacial score (nSPS) is 13.0. The van der Waals surface area contributed by atoms with Gasteiger partial charge in [-0.15, -0.1) is 0 Å². The van der Waals surface area contributed by atoms with Crippen molar-refractivity contribution >= 4 is 15.9 Å². The highest BCUT2D eigenvalue weighted by Crippen LogP contribution is 2.29. The highest BCUT2D eigenvalue weighted by Gasteiger charge is 2.14. The lowest BCUT2D eigenvalue weighted by atomic mass is 9.91. The minimum atomic E-state index is 0.618. The first-order valence-electron chi connectivity index (χ1n) is 6.60. The van der Waals surface area contributed by atoms with Crippen LogP contribution in [-0.2, 0) is 0 Å². The predicted octanol–water partition coefficient (Wildman–Crippen LogP) is 4.58. The van der Waals surface area contributed by atoms with E-state index in [1.165, 1.54) is 22.9 Å². The van der Waals surface area contributed by atoms with Crippen LogP contribution in [0, 0.1) is 5.92 Å². The molecule has 0 spiro atoms. The summed E-state index contributed by atoms with van der Waals surface area (Å²) in [6.45, 7) is 8.88. The van der Waals surface area contributed by atoms with Crippen molar-refractivity contribution in [3.05, 3.63) is 34.3 Å². The zero-order valence-electron chi connectivity index (χ0n) is 11.2. The van der Waals surface area contributed by atoms with Gasteiger partial charge >= 0.3 is 0 Å². The molecule has 0 aromatic heterocycles. The molecule has 0 aliphatic rings. The molecule has 0 saturated heterocycles. The molecule has 1 nitrogen and oxygen atoms in total. The largest absolute Gasteiger partial charge is 0.316 e. The first kappa shape index (κ1) is 14.7. The van der Waals surface area contributed by atoms with E-state index in [1.54, 1.807) is 0 Å². The molecule has 1 aromatic rings. The van der Waals surface area contributed by atoms with E-state index in [-0.39, 0.29) is 0 Å². The predicted molar refractivity (Wildman–Crippen MR) is 79.5 cm³/mol. The fourth-order valence-corrected chi connectivity index (χ4v) is 2.64. The van der Waals surface area contributed by atoms with Crippen molar-refractivity contribution in [2.24, 2.45) is 5.92 Å². The van der Waals surface area contributed by atoms with Gasteiger partial charge in [-0.1, -0.05) is 61.3 Å². The maximum absolute atomic E-state index is 3.67. The Morgan fingerprint density at radius 2 is 1.88 bits per heavy atom. The first-order valence-corrected chi connectivity index (χ1v) is 7.39. The first-order chi connectivity index (χ1) is 8.15. The van der Waals surface area contributed by atoms with Gasteiger partial charge in [-0.2, -0.15) is 0 Å². The van der Waals surface area contributed by atoms with Gasteiger partial charge in [0, 0.05) is 11.0 Å². The van der Waals surface area contributed by atoms with Crippen molar-refractivity contribution in [3.63, 3.8) is 0 Å². The van der Waals surface area contributed by atoms with Crippen LogP contribution in [-0.4, -0.2) is 13.1 Å². The van der Waals surface area contributed by atoms with Crippen molar-refractivity contribution in [2.45, 2.75) is 39.5 Å². The lowest BCUT2D eigenvalue weighted by molar-refractivity contribution is 0.479. The number of rotatable bonds is 7. The Hall–Kier alpha value is -0.340. The zero-order chi connectivity index (χ0) is 12.7. The van der Waals surface area contributed by atoms with Gasteiger partial charge in [-0.3, -0.25) is 0 Å². The van der Waals surface area contributed by atoms with Crippen LogP contribution >= 0.6 is 15.9 Å². The molecular weight excluding hydrogens is 274 g/mol. The Bertz CT molecular complexity index is 322. The average molecular weight is 298 g/mol. The van der Waals surface area contributed by atoms with Crippen LogP contribution in [0.15, 0.2) is 28.7 Å². The summed E-state index contributed by atoms with van der Waals surface area (Å²) in [4.78, 5) is 0. The summed E-state index contributed by atoms with van der Waals surface area (Å²) in [7, 11) is 0. The third-order valence-corrected chi connectivity index (χ3v) is 3.80. The minimum absolute atomic E-state index is 0.618. The van der Waals surface area contributed by atoms with Crippen LogP contribution in [0.2, 0.25) is 0 Å². The number of halogens is 1. The number of hydrogen-bond donors (Lipinski definition) is 1. The number of likely N-dealkylation sites (N-methyl/N-ethyl adjacent to an activating group) is 1. The van der Waals surface area contributed by atoms with Gasteiger partial charge in [-0.25, -0.2) is 0 Å². The van der Waals surface area contributed by atoms with E-state index in [0.717, 1.165) is 19.0 Å². The van der Waals surface area contributed by atoms with E-state index in [2.05, 4.69) is 66.3 Å². The molecule has 2 heteroatoms. The van der Waals surface area contributed by atoms with E-state index in [0.29, 0.717) is 5.92 Å². The van der Waals surface area contributed by atoms with Crippen molar-refractivity contribution in [3.8, 4) is 0 Å². The van der Waals surface area contributed by atoms with Gasteiger partial charge in [-0.05, 0) is 36.4 Å². The third kappa shape index (κ3) is 5.22. The summed E-state index contributed by atoms with van der Waals surface area (Å²) < 4.78 is 1.24. The van der Waals surface area contributed by atoms with Crippen LogP contribution in [0.3, 0.4) is 0 Å². The molecule has 96 valence electrons. The molecule has 1 rings (SSSR count). The molecule has 17 heavy (non-hydrogen) atoms. The fourth-order valence-electron chi connectivity index (χ4n) is 2.03. The van der Waals surface area contributed by atoms with E-state index in [9.17, 15) is 0 Å². The van der Waals surface area contributed by atoms with Crippen molar-refractivity contribution < 1.29 is 0 Å². The molecule has 0 saturated carbocycles. The minimum Gasteiger partial charge on any atom is -0.316 e. The van der Waals surface area contributed by atoms with Crippen LogP contribution in [0.5, 0.6) is 0 Å². The molecule has 1 unspecified atom stereocenters. The Morgan fingerprint density at radius 1 is 1.18 bits per heavy atom. The summed E-state index contributed by atoms with van der Waals surface area (Å²) in [5, 5.41) is 3.48. The average Bonchev–Trinajstić information content (AvgIpc) is 2.30. The lowest BCUT2D eigenvalue weighted by Gasteiger charge is -2.20. The summed E-state index contributed by atoms with van der Waals surface area (Å²) in [5.74, 6) is 1.40. The zero-order valence-corrected chi connectivity index (χ0v) is 12.8. The second-order valence-electron chi connectivity index (χ2n) is 5.00. The quantitative estimate of drug-likeness (QED) is 0.777. The van der Waals surface area contributed by atoms with E-state index in [1.807, 2.05) is 0 Å². The Labute approximate surface area is 114 Å². The van der Waals surface area contributed by atoms with E-state index in [4.69, 9.17) is 0 Å². The molecule has 0 bridgehead atoms. The lowest BCUT2D eigenvalue weighted by Crippen LogP contribution is -2.21. The number of benzene rings is 1. The van der Waals surface area contributed by atoms with E-state index >= 15 is 0 Å². The second kappa shape index (κ2) is 7.88. The van der Waals surface area contributed by atoms with Crippen LogP contribution in [0.1, 0.15) is 45.1 Å². The van der Waals surface area contributed by atoms with Crippen molar-refractivity contribution in [1.29, 1.82) is 0 Å². The maximum atomic E-state index is 3.67. The smallest absolute Gasteiger partial charge is 0.0210 e. The van der Waals surface area contributed by atoms with Gasteiger partial charge in [0.25, 0.3) is 0 Å². The molecule has 0 aliphatic carbocycles. The number of nitrogens with one attached hydrogen (secondary N) is 1. The Morgan fingerprint density at radius 3 is 2.47 bits per heavy atom. The monoisotopic (exact) mass is 297 g/mol. The highest BCUT2D eigenvalue weighted by atomic mass is 79.9. The van der Waals surface area contributed by atoms with Gasteiger partial charge in [0.15, 0.2) is 0 Å². The van der Waals surface area contributed by atoms with Crippen LogP contribution in [0.25, 0.3) is 0 Å². The summed E-state index contributed by atoms with van der Waals surface area (Å²) in [6.07, 6.45) is 2.55. The van der Waals surface area contributed by atoms with Gasteiger partial charge in [0.1, 0.15) is 0 Å². The van der Waals surface area contributed by atoms with Crippen molar-refractivity contribution in [1.82, 2.24) is 5.32 Å². The fraction of sp³-hybridized carbons (Fsp3) is 0.600. The van der Waals surface area contributed by atoms with Gasteiger partial charge in [0.2, 0.25) is 0 Å². The molecule has 0 aliphatic heterocycles. The van der Waals surface area contributed by atoms with Crippen LogP contribution < -0.4 is 5.32 Å². The highest BCUT2D eigenvalue weighted by molar-refractivity contribution is 9.10. The number of hydrogen-bond acceptors (Lipinski definition) is 1. The standard InChI is InChI=1S/C15H24BrN/c1-4-17-11-13(10-9-12(2)3)14-7-5-6-8-15(14)16/h5-8,12-13,17H,4,9-11H2,1-3H3. The topological polar surface area (TPSA) is 12.0 Å². The summed E-state index contributed by atoms with van der Waals surface area (Å²) in [5.41, 5.74) is 1.44. The molecule has 0 amide bonds. The third-order valence-electron chi connectivity index (χ3n) is 3.08. The maximum Gasteiger partial charge on any atom is 0.0210 e. The molecule has 1 aromatic carbocycles.